The van der Waals surface area contributed by atoms with Crippen LogP contribution in [-0.4, -0.2) is 32.4 Å². The van der Waals surface area contributed by atoms with Gasteiger partial charge in [0, 0.05) is 19.6 Å². The van der Waals surface area contributed by atoms with Crippen LogP contribution in [0.2, 0.25) is 0 Å². The number of methoxy groups -OCH3 is 1. The third-order valence-electron chi connectivity index (χ3n) is 3.51. The molecule has 0 saturated heterocycles. The van der Waals surface area contributed by atoms with Crippen molar-refractivity contribution in [3.63, 3.8) is 0 Å². The van der Waals surface area contributed by atoms with Gasteiger partial charge in [-0.2, -0.15) is 0 Å². The molecule has 3 unspecified atom stereocenters. The van der Waals surface area contributed by atoms with E-state index in [0.29, 0.717) is 6.04 Å². The summed E-state index contributed by atoms with van der Waals surface area (Å²) < 4.78 is 11.5. The van der Waals surface area contributed by atoms with Crippen molar-refractivity contribution in [1.29, 1.82) is 0 Å². The first-order valence-electron chi connectivity index (χ1n) is 6.09. The summed E-state index contributed by atoms with van der Waals surface area (Å²) in [6.07, 6.45) is 1.32. The van der Waals surface area contributed by atoms with E-state index in [-0.39, 0.29) is 12.2 Å². The molecule has 94 valence electrons. The van der Waals surface area contributed by atoms with E-state index in [2.05, 4.69) is 37.4 Å². The molecule has 1 aromatic rings. The molecule has 3 atom stereocenters. The first-order valence-corrected chi connectivity index (χ1v) is 6.09. The normalized spacial score (nSPS) is 27.6. The van der Waals surface area contributed by atoms with Crippen molar-refractivity contribution in [3.8, 4) is 5.75 Å². The Labute approximate surface area is 103 Å². The quantitative estimate of drug-likeness (QED) is 0.866. The van der Waals surface area contributed by atoms with Crippen LogP contribution in [0.25, 0.3) is 0 Å². The van der Waals surface area contributed by atoms with Crippen LogP contribution in [0.15, 0.2) is 18.2 Å². The summed E-state index contributed by atoms with van der Waals surface area (Å²) >= 11 is 0. The summed E-state index contributed by atoms with van der Waals surface area (Å²) in [6, 6.07) is 6.71. The van der Waals surface area contributed by atoms with Crippen molar-refractivity contribution in [3.05, 3.63) is 29.3 Å². The highest BCUT2D eigenvalue weighted by Crippen LogP contribution is 2.30. The second-order valence-corrected chi connectivity index (χ2v) is 4.76. The lowest BCUT2D eigenvalue weighted by atomic mass is 9.85. The predicted octanol–water partition coefficient (Wildman–Crippen LogP) is 2.06. The summed E-state index contributed by atoms with van der Waals surface area (Å²) in [4.78, 5) is 0. The molecule has 1 saturated carbocycles. The van der Waals surface area contributed by atoms with Crippen LogP contribution in [0.1, 0.15) is 17.5 Å². The van der Waals surface area contributed by atoms with Gasteiger partial charge in [0.15, 0.2) is 0 Å². The van der Waals surface area contributed by atoms with Gasteiger partial charge >= 0.3 is 0 Å². The molecule has 3 heteroatoms. The second-order valence-electron chi connectivity index (χ2n) is 4.76. The van der Waals surface area contributed by atoms with Gasteiger partial charge in [0.1, 0.15) is 18.0 Å². The first-order chi connectivity index (χ1) is 8.15. The van der Waals surface area contributed by atoms with Crippen LogP contribution in [-0.2, 0) is 4.74 Å². The Morgan fingerprint density at radius 2 is 2.06 bits per heavy atom. The van der Waals surface area contributed by atoms with E-state index in [1.807, 2.05) is 7.05 Å². The van der Waals surface area contributed by atoms with Crippen LogP contribution in [0.3, 0.4) is 0 Å². The van der Waals surface area contributed by atoms with Crippen LogP contribution in [0, 0.1) is 13.8 Å². The van der Waals surface area contributed by atoms with Gasteiger partial charge in [-0.1, -0.05) is 12.1 Å². The predicted molar refractivity (Wildman–Crippen MR) is 68.6 cm³/mol. The summed E-state index contributed by atoms with van der Waals surface area (Å²) in [5.74, 6) is 0.978. The molecule has 0 aliphatic heterocycles. The van der Waals surface area contributed by atoms with E-state index in [1.54, 1.807) is 7.11 Å². The van der Waals surface area contributed by atoms with Gasteiger partial charge in [-0.15, -0.1) is 0 Å². The number of ether oxygens (including phenoxy) is 2. The highest BCUT2D eigenvalue weighted by atomic mass is 16.5. The molecule has 0 aromatic heterocycles. The fourth-order valence-corrected chi connectivity index (χ4v) is 2.29. The maximum Gasteiger partial charge on any atom is 0.128 e. The molecule has 0 spiro atoms. The Kier molecular flexibility index (Phi) is 3.69. The molecule has 1 N–H and O–H groups in total. The minimum Gasteiger partial charge on any atom is -0.487 e. The number of benzene rings is 1. The Bertz CT molecular complexity index is 392. The Balaban J connectivity index is 2.04. The van der Waals surface area contributed by atoms with Crippen molar-refractivity contribution in [2.45, 2.75) is 38.5 Å². The molecule has 0 radical (unpaired) electrons. The van der Waals surface area contributed by atoms with Crippen LogP contribution in [0.5, 0.6) is 5.75 Å². The number of likely N-dealkylation sites (N-methyl/N-ethyl adjacent to an activating group) is 1. The highest BCUT2D eigenvalue weighted by Gasteiger charge is 2.42. The SMILES string of the molecule is CNC1CC(Oc2cc(C)ccc2C)C1OC. The molecule has 0 bridgehead atoms. The zero-order chi connectivity index (χ0) is 12.4. The Morgan fingerprint density at radius 1 is 1.29 bits per heavy atom. The molecule has 1 aliphatic carbocycles. The smallest absolute Gasteiger partial charge is 0.128 e. The highest BCUT2D eigenvalue weighted by molar-refractivity contribution is 5.36. The van der Waals surface area contributed by atoms with Crippen molar-refractivity contribution in [2.24, 2.45) is 0 Å². The van der Waals surface area contributed by atoms with Gasteiger partial charge in [0.2, 0.25) is 0 Å². The van der Waals surface area contributed by atoms with E-state index in [1.165, 1.54) is 11.1 Å². The Hall–Kier alpha value is -1.06. The van der Waals surface area contributed by atoms with E-state index >= 15 is 0 Å². The van der Waals surface area contributed by atoms with E-state index in [4.69, 9.17) is 9.47 Å². The number of aryl methyl sites for hydroxylation is 2. The number of rotatable bonds is 4. The number of hydrogen-bond donors (Lipinski definition) is 1. The zero-order valence-electron chi connectivity index (χ0n) is 11.0. The van der Waals surface area contributed by atoms with Crippen molar-refractivity contribution in [2.75, 3.05) is 14.2 Å². The van der Waals surface area contributed by atoms with E-state index in [0.717, 1.165) is 12.2 Å². The molecule has 1 fully saturated rings. The van der Waals surface area contributed by atoms with Crippen molar-refractivity contribution in [1.82, 2.24) is 5.32 Å². The van der Waals surface area contributed by atoms with Crippen LogP contribution < -0.4 is 10.1 Å². The standard InChI is InChI=1S/C14H21NO2/c1-9-5-6-10(2)12(7-9)17-13-8-11(15-3)14(13)16-4/h5-7,11,13-15H,8H2,1-4H3. The van der Waals surface area contributed by atoms with Gasteiger partial charge in [-0.05, 0) is 38.1 Å². The molecule has 0 heterocycles. The molecule has 0 amide bonds. The summed E-state index contributed by atoms with van der Waals surface area (Å²) in [7, 11) is 3.71. The van der Waals surface area contributed by atoms with Gasteiger partial charge in [0.25, 0.3) is 0 Å². The second kappa shape index (κ2) is 5.07. The fraction of sp³-hybridized carbons (Fsp3) is 0.571. The van der Waals surface area contributed by atoms with Gasteiger partial charge in [-0.3, -0.25) is 0 Å². The van der Waals surface area contributed by atoms with Gasteiger partial charge in [0.05, 0.1) is 0 Å². The lowest BCUT2D eigenvalue weighted by Gasteiger charge is -2.43. The molecule has 3 nitrogen and oxygen atoms in total. The van der Waals surface area contributed by atoms with Crippen molar-refractivity contribution < 1.29 is 9.47 Å². The monoisotopic (exact) mass is 235 g/mol. The molecular weight excluding hydrogens is 214 g/mol. The molecule has 1 aliphatic rings. The lowest BCUT2D eigenvalue weighted by molar-refractivity contribution is -0.0871. The van der Waals surface area contributed by atoms with Crippen LogP contribution in [0.4, 0.5) is 0 Å². The number of hydrogen-bond acceptors (Lipinski definition) is 3. The minimum absolute atomic E-state index is 0.153. The molecule has 1 aromatic carbocycles. The summed E-state index contributed by atoms with van der Waals surface area (Å²) in [6.45, 7) is 4.15. The Morgan fingerprint density at radius 3 is 2.71 bits per heavy atom. The zero-order valence-corrected chi connectivity index (χ0v) is 11.0. The third-order valence-corrected chi connectivity index (χ3v) is 3.51. The maximum absolute atomic E-state index is 6.03. The largest absolute Gasteiger partial charge is 0.487 e. The van der Waals surface area contributed by atoms with E-state index in [9.17, 15) is 0 Å². The molecule has 17 heavy (non-hydrogen) atoms. The third kappa shape index (κ3) is 2.45. The van der Waals surface area contributed by atoms with Crippen molar-refractivity contribution >= 4 is 0 Å². The maximum atomic E-state index is 6.03. The molecule has 2 rings (SSSR count). The molecular formula is C14H21NO2. The minimum atomic E-state index is 0.153. The number of nitrogens with one attached hydrogen (secondary N) is 1. The summed E-state index contributed by atoms with van der Waals surface area (Å²) in [5.41, 5.74) is 2.41. The fourth-order valence-electron chi connectivity index (χ4n) is 2.29. The first kappa shape index (κ1) is 12.4. The summed E-state index contributed by atoms with van der Waals surface area (Å²) in [5, 5.41) is 3.24. The van der Waals surface area contributed by atoms with Crippen LogP contribution >= 0.6 is 0 Å². The van der Waals surface area contributed by atoms with Gasteiger partial charge < -0.3 is 14.8 Å². The van der Waals surface area contributed by atoms with Gasteiger partial charge in [-0.25, -0.2) is 0 Å². The average Bonchev–Trinajstić information content (AvgIpc) is 2.28. The lowest BCUT2D eigenvalue weighted by Crippen LogP contribution is -2.60. The van der Waals surface area contributed by atoms with E-state index < -0.39 is 0 Å². The topological polar surface area (TPSA) is 30.5 Å². The average molecular weight is 235 g/mol.